The minimum atomic E-state index is 0.312. The lowest BCUT2D eigenvalue weighted by Crippen LogP contribution is -2.61. The molecule has 2 fully saturated rings. The minimum Gasteiger partial charge on any atom is -0.302 e. The van der Waals surface area contributed by atoms with E-state index in [2.05, 4.69) is 24.4 Å². The molecule has 1 atom stereocenters. The van der Waals surface area contributed by atoms with Gasteiger partial charge in [-0.25, -0.2) is 0 Å². The molecule has 2 aliphatic rings. The molecule has 0 heterocycles. The van der Waals surface area contributed by atoms with Crippen LogP contribution < -0.4 is 11.3 Å². The Morgan fingerprint density at radius 3 is 2.06 bits per heavy atom. The second-order valence-electron chi connectivity index (χ2n) is 5.89. The molecule has 0 bridgehead atoms. The topological polar surface area (TPSA) is 41.3 Å². The quantitative estimate of drug-likeness (QED) is 0.436. The van der Waals surface area contributed by atoms with Gasteiger partial charge in [-0.05, 0) is 45.7 Å². The first-order valence-electron chi connectivity index (χ1n) is 6.84. The molecule has 2 saturated carbocycles. The third kappa shape index (κ3) is 2.27. The van der Waals surface area contributed by atoms with Crippen LogP contribution in [0.4, 0.5) is 0 Å². The number of nitrogens with two attached hydrogens (primary N) is 1. The van der Waals surface area contributed by atoms with E-state index in [1.807, 2.05) is 0 Å². The van der Waals surface area contributed by atoms with Gasteiger partial charge in [-0.1, -0.05) is 25.7 Å². The standard InChI is InChI=1S/C13H27N3/c1-16(2)13(9-5-3-4-6-10-13)12(15-14)11-7-8-11/h11-12,15H,3-10,14H2,1-2H3. The number of hydrogen-bond acceptors (Lipinski definition) is 3. The Kier molecular flexibility index (Phi) is 3.88. The zero-order chi connectivity index (χ0) is 11.6. The zero-order valence-corrected chi connectivity index (χ0v) is 10.8. The van der Waals surface area contributed by atoms with Crippen molar-refractivity contribution >= 4 is 0 Å². The molecule has 0 aliphatic heterocycles. The van der Waals surface area contributed by atoms with E-state index in [0.29, 0.717) is 11.6 Å². The van der Waals surface area contributed by atoms with E-state index in [-0.39, 0.29) is 0 Å². The first kappa shape index (κ1) is 12.3. The summed E-state index contributed by atoms with van der Waals surface area (Å²) in [7, 11) is 4.47. The SMILES string of the molecule is CN(C)C1(C(NN)C2CC2)CCCCCC1. The molecule has 0 aromatic carbocycles. The van der Waals surface area contributed by atoms with Crippen molar-refractivity contribution in [2.24, 2.45) is 11.8 Å². The van der Waals surface area contributed by atoms with E-state index in [4.69, 9.17) is 5.84 Å². The molecule has 2 rings (SSSR count). The average molecular weight is 225 g/mol. The first-order chi connectivity index (χ1) is 7.70. The van der Waals surface area contributed by atoms with Crippen LogP contribution in [0.3, 0.4) is 0 Å². The van der Waals surface area contributed by atoms with Crippen molar-refractivity contribution in [3.05, 3.63) is 0 Å². The Morgan fingerprint density at radius 1 is 1.12 bits per heavy atom. The fourth-order valence-corrected chi connectivity index (χ4v) is 3.54. The molecular weight excluding hydrogens is 198 g/mol. The van der Waals surface area contributed by atoms with Crippen LogP contribution >= 0.6 is 0 Å². The monoisotopic (exact) mass is 225 g/mol. The predicted octanol–water partition coefficient (Wildman–Crippen LogP) is 1.88. The van der Waals surface area contributed by atoms with Crippen molar-refractivity contribution in [2.75, 3.05) is 14.1 Å². The third-order valence-corrected chi connectivity index (χ3v) is 4.71. The second kappa shape index (κ2) is 5.03. The molecule has 3 nitrogen and oxygen atoms in total. The van der Waals surface area contributed by atoms with E-state index in [1.54, 1.807) is 0 Å². The maximum atomic E-state index is 5.84. The van der Waals surface area contributed by atoms with Crippen molar-refractivity contribution in [3.63, 3.8) is 0 Å². The fraction of sp³-hybridized carbons (Fsp3) is 1.00. The van der Waals surface area contributed by atoms with Gasteiger partial charge in [0.2, 0.25) is 0 Å². The summed E-state index contributed by atoms with van der Waals surface area (Å²) in [5.41, 5.74) is 3.45. The molecule has 0 spiro atoms. The summed E-state index contributed by atoms with van der Waals surface area (Å²) < 4.78 is 0. The van der Waals surface area contributed by atoms with Gasteiger partial charge in [-0.2, -0.15) is 0 Å². The van der Waals surface area contributed by atoms with Crippen LogP contribution in [0.25, 0.3) is 0 Å². The van der Waals surface area contributed by atoms with E-state index in [0.717, 1.165) is 5.92 Å². The maximum Gasteiger partial charge on any atom is 0.0422 e. The van der Waals surface area contributed by atoms with Crippen molar-refractivity contribution in [1.29, 1.82) is 0 Å². The molecule has 0 aromatic rings. The van der Waals surface area contributed by atoms with Gasteiger partial charge in [0.05, 0.1) is 0 Å². The van der Waals surface area contributed by atoms with E-state index in [9.17, 15) is 0 Å². The molecular formula is C13H27N3. The third-order valence-electron chi connectivity index (χ3n) is 4.71. The highest BCUT2D eigenvalue weighted by Gasteiger charge is 2.47. The largest absolute Gasteiger partial charge is 0.302 e. The number of nitrogens with zero attached hydrogens (tertiary/aromatic N) is 1. The maximum absolute atomic E-state index is 5.84. The molecule has 0 saturated heterocycles. The predicted molar refractivity (Wildman–Crippen MR) is 68.0 cm³/mol. The van der Waals surface area contributed by atoms with Crippen molar-refractivity contribution in [2.45, 2.75) is 62.9 Å². The number of nitrogens with one attached hydrogen (secondary N) is 1. The lowest BCUT2D eigenvalue weighted by molar-refractivity contribution is 0.0704. The Balaban J connectivity index is 2.17. The Morgan fingerprint density at radius 2 is 1.69 bits per heavy atom. The van der Waals surface area contributed by atoms with Gasteiger partial charge in [-0.15, -0.1) is 0 Å². The molecule has 1 unspecified atom stereocenters. The van der Waals surface area contributed by atoms with Crippen LogP contribution in [-0.4, -0.2) is 30.6 Å². The highest BCUT2D eigenvalue weighted by molar-refractivity contribution is 5.05. The molecule has 3 N–H and O–H groups in total. The molecule has 94 valence electrons. The van der Waals surface area contributed by atoms with E-state index < -0.39 is 0 Å². The fourth-order valence-electron chi connectivity index (χ4n) is 3.54. The summed E-state index contributed by atoms with van der Waals surface area (Å²) in [6, 6.07) is 0.501. The van der Waals surface area contributed by atoms with Crippen LogP contribution in [0.2, 0.25) is 0 Å². The van der Waals surface area contributed by atoms with Gasteiger partial charge in [0.1, 0.15) is 0 Å². The zero-order valence-electron chi connectivity index (χ0n) is 10.8. The molecule has 2 aliphatic carbocycles. The van der Waals surface area contributed by atoms with Crippen molar-refractivity contribution in [3.8, 4) is 0 Å². The summed E-state index contributed by atoms with van der Waals surface area (Å²) in [5, 5.41) is 0. The van der Waals surface area contributed by atoms with Gasteiger partial charge in [0, 0.05) is 11.6 Å². The number of hydrogen-bond donors (Lipinski definition) is 2. The van der Waals surface area contributed by atoms with Gasteiger partial charge in [-0.3, -0.25) is 11.3 Å². The molecule has 0 amide bonds. The van der Waals surface area contributed by atoms with Gasteiger partial charge >= 0.3 is 0 Å². The average Bonchev–Trinajstić information content (AvgIpc) is 3.05. The summed E-state index contributed by atoms with van der Waals surface area (Å²) in [6.45, 7) is 0. The van der Waals surface area contributed by atoms with E-state index >= 15 is 0 Å². The number of rotatable bonds is 4. The van der Waals surface area contributed by atoms with Crippen LogP contribution in [0.1, 0.15) is 51.4 Å². The van der Waals surface area contributed by atoms with Crippen molar-refractivity contribution in [1.82, 2.24) is 10.3 Å². The Bertz CT molecular complexity index is 215. The van der Waals surface area contributed by atoms with E-state index in [1.165, 1.54) is 51.4 Å². The molecule has 3 heteroatoms. The molecule has 0 radical (unpaired) electrons. The van der Waals surface area contributed by atoms with Crippen LogP contribution in [0.15, 0.2) is 0 Å². The Hall–Kier alpha value is -0.120. The Labute approximate surface area is 99.7 Å². The van der Waals surface area contributed by atoms with Gasteiger partial charge in [0.25, 0.3) is 0 Å². The van der Waals surface area contributed by atoms with Gasteiger partial charge < -0.3 is 4.90 Å². The molecule has 16 heavy (non-hydrogen) atoms. The van der Waals surface area contributed by atoms with Crippen molar-refractivity contribution < 1.29 is 0 Å². The summed E-state index contributed by atoms with van der Waals surface area (Å²) in [6.07, 6.45) is 10.9. The highest BCUT2D eigenvalue weighted by Crippen LogP contribution is 2.43. The second-order valence-corrected chi connectivity index (χ2v) is 5.89. The first-order valence-corrected chi connectivity index (χ1v) is 6.84. The summed E-state index contributed by atoms with van der Waals surface area (Å²) >= 11 is 0. The summed E-state index contributed by atoms with van der Waals surface area (Å²) in [4.78, 5) is 2.45. The summed E-state index contributed by atoms with van der Waals surface area (Å²) in [5.74, 6) is 6.67. The minimum absolute atomic E-state index is 0.312. The smallest absolute Gasteiger partial charge is 0.0422 e. The van der Waals surface area contributed by atoms with Gasteiger partial charge in [0.15, 0.2) is 0 Å². The van der Waals surface area contributed by atoms with Crippen LogP contribution in [0, 0.1) is 5.92 Å². The lowest BCUT2D eigenvalue weighted by atomic mass is 9.79. The van der Waals surface area contributed by atoms with Crippen LogP contribution in [-0.2, 0) is 0 Å². The molecule has 0 aromatic heterocycles. The lowest BCUT2D eigenvalue weighted by Gasteiger charge is -2.46. The highest BCUT2D eigenvalue weighted by atomic mass is 15.3. The number of likely N-dealkylation sites (N-methyl/N-ethyl adjacent to an activating group) is 1. The van der Waals surface area contributed by atoms with Crippen LogP contribution in [0.5, 0.6) is 0 Å². The normalized spacial score (nSPS) is 27.8. The number of hydrazine groups is 1.